The Kier molecular flexibility index (Phi) is 4.45. The van der Waals surface area contributed by atoms with Gasteiger partial charge in [-0.05, 0) is 57.9 Å². The number of rotatable bonds is 4. The number of carbonyl (C=O) groups is 1. The molecule has 19 heavy (non-hydrogen) atoms. The molecule has 2 N–H and O–H groups in total. The van der Waals surface area contributed by atoms with E-state index in [4.69, 9.17) is 16.7 Å². The third kappa shape index (κ3) is 3.72. The summed E-state index contributed by atoms with van der Waals surface area (Å²) >= 11 is 9.35. The fraction of sp³-hybridized carbons (Fsp3) is 0.0714. The Bertz CT molecular complexity index is 599. The highest BCUT2D eigenvalue weighted by molar-refractivity contribution is 9.10. The predicted molar refractivity (Wildman–Crippen MR) is 79.9 cm³/mol. The van der Waals surface area contributed by atoms with E-state index in [9.17, 15) is 4.79 Å². The van der Waals surface area contributed by atoms with E-state index in [1.165, 1.54) is 0 Å². The van der Waals surface area contributed by atoms with E-state index in [2.05, 4.69) is 21.2 Å². The molecule has 0 saturated carbocycles. The van der Waals surface area contributed by atoms with Crippen LogP contribution in [-0.4, -0.2) is 11.1 Å². The summed E-state index contributed by atoms with van der Waals surface area (Å²) in [5, 5.41) is 12.7. The summed E-state index contributed by atoms with van der Waals surface area (Å²) in [6.07, 6.45) is 0. The van der Waals surface area contributed by atoms with Crippen molar-refractivity contribution in [3.63, 3.8) is 0 Å². The van der Waals surface area contributed by atoms with Gasteiger partial charge in [0.2, 0.25) is 0 Å². The van der Waals surface area contributed by atoms with Crippen molar-refractivity contribution in [1.29, 1.82) is 0 Å². The van der Waals surface area contributed by atoms with Gasteiger partial charge in [-0.25, -0.2) is 4.79 Å². The maximum atomic E-state index is 10.7. The molecule has 2 aromatic carbocycles. The highest BCUT2D eigenvalue weighted by atomic mass is 79.9. The van der Waals surface area contributed by atoms with Gasteiger partial charge in [0.15, 0.2) is 0 Å². The third-order valence-corrected chi connectivity index (χ3v) is 3.84. The molecule has 0 atom stereocenters. The molecule has 2 aromatic rings. The minimum Gasteiger partial charge on any atom is -0.478 e. The second-order valence-corrected chi connectivity index (χ2v) is 5.25. The van der Waals surface area contributed by atoms with Gasteiger partial charge >= 0.3 is 5.97 Å². The minimum atomic E-state index is -0.925. The molecule has 98 valence electrons. The summed E-state index contributed by atoms with van der Waals surface area (Å²) in [6.45, 7) is 0.624. The molecule has 0 saturated heterocycles. The molecule has 0 bridgehead atoms. The third-order valence-electron chi connectivity index (χ3n) is 2.61. The average Bonchev–Trinajstić information content (AvgIpc) is 2.40. The van der Waals surface area contributed by atoms with Crippen LogP contribution in [0.25, 0.3) is 0 Å². The highest BCUT2D eigenvalue weighted by Crippen LogP contribution is 2.23. The van der Waals surface area contributed by atoms with E-state index in [0.29, 0.717) is 11.6 Å². The number of benzene rings is 2. The van der Waals surface area contributed by atoms with Crippen LogP contribution in [0.2, 0.25) is 5.02 Å². The SMILES string of the molecule is O=C(O)c1ccc(NCc2ccc(Br)c(Cl)c2)cc1. The van der Waals surface area contributed by atoms with Crippen molar-refractivity contribution < 1.29 is 9.90 Å². The highest BCUT2D eigenvalue weighted by Gasteiger charge is 2.02. The van der Waals surface area contributed by atoms with E-state index in [-0.39, 0.29) is 5.56 Å². The predicted octanol–water partition coefficient (Wildman–Crippen LogP) is 4.41. The molecule has 0 radical (unpaired) electrons. The summed E-state index contributed by atoms with van der Waals surface area (Å²) in [5.41, 5.74) is 2.19. The van der Waals surface area contributed by atoms with Crippen molar-refractivity contribution in [2.24, 2.45) is 0 Å². The zero-order chi connectivity index (χ0) is 13.8. The molecule has 0 aliphatic carbocycles. The van der Waals surface area contributed by atoms with E-state index in [0.717, 1.165) is 15.7 Å². The number of anilines is 1. The fourth-order valence-corrected chi connectivity index (χ4v) is 2.03. The summed E-state index contributed by atoms with van der Waals surface area (Å²) in [5.74, 6) is -0.925. The van der Waals surface area contributed by atoms with E-state index in [1.807, 2.05) is 18.2 Å². The molecule has 0 heterocycles. The Morgan fingerprint density at radius 2 is 1.89 bits per heavy atom. The van der Waals surface area contributed by atoms with Crippen molar-refractivity contribution in [2.75, 3.05) is 5.32 Å². The number of halogens is 2. The van der Waals surface area contributed by atoms with Gasteiger partial charge in [-0.15, -0.1) is 0 Å². The Morgan fingerprint density at radius 1 is 1.21 bits per heavy atom. The smallest absolute Gasteiger partial charge is 0.335 e. The van der Waals surface area contributed by atoms with Crippen LogP contribution in [0.5, 0.6) is 0 Å². The second-order valence-electron chi connectivity index (χ2n) is 3.98. The number of hydrogen-bond acceptors (Lipinski definition) is 2. The standard InChI is InChI=1S/C14H11BrClNO2/c15-12-6-1-9(7-13(12)16)8-17-11-4-2-10(3-5-11)14(18)19/h1-7,17H,8H2,(H,18,19). The fourth-order valence-electron chi connectivity index (χ4n) is 1.58. The molecule has 5 heteroatoms. The van der Waals surface area contributed by atoms with Crippen LogP contribution in [0.3, 0.4) is 0 Å². The molecule has 0 unspecified atom stereocenters. The summed E-state index contributed by atoms with van der Waals surface area (Å²) in [4.78, 5) is 10.7. The van der Waals surface area contributed by atoms with Gasteiger partial charge in [0.05, 0.1) is 10.6 Å². The number of aromatic carboxylic acids is 1. The van der Waals surface area contributed by atoms with Gasteiger partial charge in [-0.2, -0.15) is 0 Å². The van der Waals surface area contributed by atoms with Crippen LogP contribution in [0.4, 0.5) is 5.69 Å². The van der Waals surface area contributed by atoms with Crippen LogP contribution in [-0.2, 0) is 6.54 Å². The molecular formula is C14H11BrClNO2. The molecule has 0 spiro atoms. The van der Waals surface area contributed by atoms with E-state index in [1.54, 1.807) is 24.3 Å². The Balaban J connectivity index is 2.01. The Hall–Kier alpha value is -1.52. The normalized spacial score (nSPS) is 10.2. The lowest BCUT2D eigenvalue weighted by molar-refractivity contribution is 0.0697. The quantitative estimate of drug-likeness (QED) is 0.866. The maximum absolute atomic E-state index is 10.7. The lowest BCUT2D eigenvalue weighted by Crippen LogP contribution is -2.00. The van der Waals surface area contributed by atoms with Crippen molar-refractivity contribution in [3.05, 3.63) is 63.1 Å². The zero-order valence-corrected chi connectivity index (χ0v) is 12.2. The summed E-state index contributed by atoms with van der Waals surface area (Å²) in [6, 6.07) is 12.4. The van der Waals surface area contributed by atoms with Crippen molar-refractivity contribution in [1.82, 2.24) is 0 Å². The second kappa shape index (κ2) is 6.08. The monoisotopic (exact) mass is 339 g/mol. The van der Waals surface area contributed by atoms with Gasteiger partial charge in [-0.3, -0.25) is 0 Å². The van der Waals surface area contributed by atoms with Gasteiger partial charge in [0, 0.05) is 16.7 Å². The summed E-state index contributed by atoms with van der Waals surface area (Å²) < 4.78 is 0.865. The largest absolute Gasteiger partial charge is 0.478 e. The van der Waals surface area contributed by atoms with E-state index < -0.39 is 5.97 Å². The molecule has 3 nitrogen and oxygen atoms in total. The number of hydrogen-bond donors (Lipinski definition) is 2. The van der Waals surface area contributed by atoms with Crippen LogP contribution >= 0.6 is 27.5 Å². The van der Waals surface area contributed by atoms with Crippen molar-refractivity contribution in [3.8, 4) is 0 Å². The van der Waals surface area contributed by atoms with Crippen LogP contribution in [0, 0.1) is 0 Å². The maximum Gasteiger partial charge on any atom is 0.335 e. The van der Waals surface area contributed by atoms with Gasteiger partial charge in [-0.1, -0.05) is 17.7 Å². The Morgan fingerprint density at radius 3 is 2.47 bits per heavy atom. The van der Waals surface area contributed by atoms with Gasteiger partial charge in [0.1, 0.15) is 0 Å². The van der Waals surface area contributed by atoms with Crippen molar-refractivity contribution >= 4 is 39.2 Å². The molecule has 0 amide bonds. The first kappa shape index (κ1) is 13.9. The first-order valence-corrected chi connectivity index (χ1v) is 6.74. The average molecular weight is 341 g/mol. The molecule has 2 rings (SSSR count). The number of carboxylic acid groups (broad SMARTS) is 1. The van der Waals surface area contributed by atoms with Gasteiger partial charge < -0.3 is 10.4 Å². The number of nitrogens with one attached hydrogen (secondary N) is 1. The van der Waals surface area contributed by atoms with Crippen LogP contribution < -0.4 is 5.32 Å². The number of carboxylic acids is 1. The lowest BCUT2D eigenvalue weighted by atomic mass is 10.2. The van der Waals surface area contributed by atoms with Crippen LogP contribution in [0.15, 0.2) is 46.9 Å². The molecule has 0 aliphatic rings. The topological polar surface area (TPSA) is 49.3 Å². The minimum absolute atomic E-state index is 0.275. The molecule has 0 aliphatic heterocycles. The molecule has 0 aromatic heterocycles. The zero-order valence-electron chi connectivity index (χ0n) is 9.86. The first-order valence-electron chi connectivity index (χ1n) is 5.57. The van der Waals surface area contributed by atoms with Crippen LogP contribution in [0.1, 0.15) is 15.9 Å². The lowest BCUT2D eigenvalue weighted by Gasteiger charge is -2.07. The Labute approximate surface area is 124 Å². The molecule has 0 fully saturated rings. The van der Waals surface area contributed by atoms with Gasteiger partial charge in [0.25, 0.3) is 0 Å². The summed E-state index contributed by atoms with van der Waals surface area (Å²) in [7, 11) is 0. The molecular weight excluding hydrogens is 330 g/mol. The first-order chi connectivity index (χ1) is 9.06. The van der Waals surface area contributed by atoms with Crippen molar-refractivity contribution in [2.45, 2.75) is 6.54 Å². The van der Waals surface area contributed by atoms with E-state index >= 15 is 0 Å².